The number of hydrogen-bond acceptors (Lipinski definition) is 9. The molecule has 2 atom stereocenters. The van der Waals surface area contributed by atoms with Crippen LogP contribution in [0.2, 0.25) is 0 Å². The van der Waals surface area contributed by atoms with Crippen molar-refractivity contribution in [1.29, 1.82) is 0 Å². The van der Waals surface area contributed by atoms with Gasteiger partial charge in [-0.1, -0.05) is 66.7 Å². The van der Waals surface area contributed by atoms with Gasteiger partial charge in [0.05, 0.1) is 28.7 Å². The average Bonchev–Trinajstić information content (AvgIpc) is 3.49. The molecule has 0 amide bonds. The second kappa shape index (κ2) is 12.2. The summed E-state index contributed by atoms with van der Waals surface area (Å²) >= 11 is 0. The summed E-state index contributed by atoms with van der Waals surface area (Å²) in [5.41, 5.74) is 1.91. The Morgan fingerprint density at radius 2 is 1.50 bits per heavy atom. The number of nitro benzene ring substituents is 1. The summed E-state index contributed by atoms with van der Waals surface area (Å²) in [4.78, 5) is 28.5. The summed E-state index contributed by atoms with van der Waals surface area (Å²) in [6.45, 7) is -0.0112. The van der Waals surface area contributed by atoms with Gasteiger partial charge in [-0.15, -0.1) is 0 Å². The first kappa shape index (κ1) is 28.5. The van der Waals surface area contributed by atoms with Crippen LogP contribution in [0.25, 0.3) is 0 Å². The van der Waals surface area contributed by atoms with Crippen molar-refractivity contribution < 1.29 is 32.3 Å². The maximum absolute atomic E-state index is 13.6. The first-order chi connectivity index (χ1) is 20.3. The van der Waals surface area contributed by atoms with Crippen LogP contribution in [0.4, 0.5) is 5.69 Å². The van der Waals surface area contributed by atoms with Crippen LogP contribution in [0.5, 0.6) is 11.5 Å². The van der Waals surface area contributed by atoms with Crippen LogP contribution in [0, 0.1) is 10.1 Å². The molecule has 0 aromatic heterocycles. The molecule has 1 aliphatic rings. The number of rotatable bonds is 10. The summed E-state index contributed by atoms with van der Waals surface area (Å²) in [5, 5.41) is 11.1. The van der Waals surface area contributed by atoms with E-state index in [1.807, 2.05) is 60.7 Å². The zero-order chi connectivity index (χ0) is 29.7. The number of ether oxygens (including phenoxy) is 3. The minimum absolute atomic E-state index is 0.0112. The van der Waals surface area contributed by atoms with Crippen molar-refractivity contribution in [2.75, 3.05) is 13.9 Å². The van der Waals surface area contributed by atoms with Crippen LogP contribution in [0.15, 0.2) is 113 Å². The molecule has 0 aliphatic carbocycles. The number of fused-ring (bicyclic) bond motifs is 1. The lowest BCUT2D eigenvalue weighted by Gasteiger charge is -2.25. The third-order valence-electron chi connectivity index (χ3n) is 6.52. The van der Waals surface area contributed by atoms with Gasteiger partial charge >= 0.3 is 5.97 Å². The predicted molar refractivity (Wildman–Crippen MR) is 153 cm³/mol. The minimum atomic E-state index is -4.34. The highest BCUT2D eigenvalue weighted by Gasteiger charge is 2.36. The monoisotopic (exact) mass is 587 g/mol. The Morgan fingerprint density at radius 3 is 2.07 bits per heavy atom. The molecule has 4 aromatic rings. The molecule has 0 bridgehead atoms. The van der Waals surface area contributed by atoms with Crippen LogP contribution >= 0.6 is 0 Å². The van der Waals surface area contributed by atoms with Gasteiger partial charge in [0, 0.05) is 23.3 Å². The molecular formula is C30H25N3O8S. The maximum Gasteiger partial charge on any atom is 0.332 e. The van der Waals surface area contributed by atoms with Crippen molar-refractivity contribution in [2.45, 2.75) is 17.0 Å². The molecule has 0 unspecified atom stereocenters. The SMILES string of the molecule is COC(=O)[C@@H](N=C(c1ccccc1)c1ccccc1)[C@H](NS(=O)(=O)c1ccc([N+](=O)[O-])cc1)c1ccc2c(c1)OCO2. The number of hydrogen-bond donors (Lipinski definition) is 1. The average molecular weight is 588 g/mol. The summed E-state index contributed by atoms with van der Waals surface area (Å²) in [6.07, 6.45) is 0. The number of benzene rings is 4. The Balaban J connectivity index is 1.66. The van der Waals surface area contributed by atoms with Gasteiger partial charge < -0.3 is 14.2 Å². The highest BCUT2D eigenvalue weighted by Crippen LogP contribution is 2.36. The Kier molecular flexibility index (Phi) is 8.27. The third-order valence-corrected chi connectivity index (χ3v) is 7.97. The van der Waals surface area contributed by atoms with E-state index < -0.39 is 33.0 Å². The zero-order valence-corrected chi connectivity index (χ0v) is 23.1. The molecule has 5 rings (SSSR count). The molecule has 0 saturated heterocycles. The van der Waals surface area contributed by atoms with Gasteiger partial charge in [0.25, 0.3) is 5.69 Å². The van der Waals surface area contributed by atoms with E-state index in [-0.39, 0.29) is 17.4 Å². The van der Waals surface area contributed by atoms with Gasteiger partial charge in [-0.25, -0.2) is 17.9 Å². The lowest BCUT2D eigenvalue weighted by atomic mass is 9.97. The Morgan fingerprint density at radius 1 is 0.905 bits per heavy atom. The lowest BCUT2D eigenvalue weighted by molar-refractivity contribution is -0.384. The van der Waals surface area contributed by atoms with Crippen LogP contribution < -0.4 is 14.2 Å². The topological polar surface area (TPSA) is 146 Å². The predicted octanol–water partition coefficient (Wildman–Crippen LogP) is 4.42. The van der Waals surface area contributed by atoms with Crippen molar-refractivity contribution in [3.05, 3.63) is 130 Å². The van der Waals surface area contributed by atoms with Gasteiger partial charge in [-0.2, -0.15) is 0 Å². The molecule has 0 saturated carbocycles. The Hall–Kier alpha value is -5.07. The number of aliphatic imine (C=N–C) groups is 1. The van der Waals surface area contributed by atoms with Crippen LogP contribution in [0.3, 0.4) is 0 Å². The minimum Gasteiger partial charge on any atom is -0.467 e. The molecule has 11 nitrogen and oxygen atoms in total. The fourth-order valence-electron chi connectivity index (χ4n) is 4.43. The normalized spacial score (nSPS) is 13.5. The van der Waals surface area contributed by atoms with Gasteiger partial charge in [0.15, 0.2) is 17.5 Å². The summed E-state index contributed by atoms with van der Waals surface area (Å²) in [5.74, 6) is 0.0301. The number of nitrogens with zero attached hydrogens (tertiary/aromatic N) is 2. The maximum atomic E-state index is 13.6. The van der Waals surface area contributed by atoms with Crippen molar-refractivity contribution in [2.24, 2.45) is 4.99 Å². The van der Waals surface area contributed by atoms with E-state index >= 15 is 0 Å². The van der Waals surface area contributed by atoms with Crippen LogP contribution in [-0.4, -0.2) is 45.0 Å². The number of non-ortho nitro benzene ring substituents is 1. The zero-order valence-electron chi connectivity index (χ0n) is 22.2. The number of sulfonamides is 1. The number of esters is 1. The standard InChI is InChI=1S/C30H25N3O8S/c1-39-30(34)29(31-27(20-8-4-2-5-9-20)21-10-6-3-7-11-21)28(22-12-17-25-26(18-22)41-19-40-25)32-42(37,38)24-15-13-23(14-16-24)33(35)36/h2-18,28-29,32H,19H2,1H3/t28-,29+/m1/s1. The second-order valence-corrected chi connectivity index (χ2v) is 10.9. The first-order valence-electron chi connectivity index (χ1n) is 12.7. The Bertz CT molecular complexity index is 1690. The van der Waals surface area contributed by atoms with E-state index in [9.17, 15) is 23.3 Å². The number of nitro groups is 1. The molecule has 1 N–H and O–H groups in total. The van der Waals surface area contributed by atoms with Crippen LogP contribution in [0.1, 0.15) is 22.7 Å². The van der Waals surface area contributed by atoms with Gasteiger partial charge in [0.2, 0.25) is 16.8 Å². The van der Waals surface area contributed by atoms with E-state index in [0.717, 1.165) is 24.3 Å². The van der Waals surface area contributed by atoms with E-state index in [2.05, 4.69) is 4.72 Å². The second-order valence-electron chi connectivity index (χ2n) is 9.14. The number of methoxy groups -OCH3 is 1. The quantitative estimate of drug-likeness (QED) is 0.124. The molecule has 12 heteroatoms. The first-order valence-corrected chi connectivity index (χ1v) is 14.2. The number of nitrogens with one attached hydrogen (secondary N) is 1. The fourth-order valence-corrected chi connectivity index (χ4v) is 5.66. The Labute approximate surface area is 241 Å². The van der Waals surface area contributed by atoms with Gasteiger partial charge in [0.1, 0.15) is 0 Å². The highest BCUT2D eigenvalue weighted by molar-refractivity contribution is 7.89. The van der Waals surface area contributed by atoms with Gasteiger partial charge in [-0.3, -0.25) is 15.1 Å². The molecule has 0 spiro atoms. The molecule has 1 heterocycles. The molecular weight excluding hydrogens is 562 g/mol. The molecule has 0 fully saturated rings. The smallest absolute Gasteiger partial charge is 0.332 e. The lowest BCUT2D eigenvalue weighted by Crippen LogP contribution is -2.40. The summed E-state index contributed by atoms with van der Waals surface area (Å²) in [7, 11) is -3.15. The summed E-state index contributed by atoms with van der Waals surface area (Å²) < 4.78 is 45.9. The molecule has 42 heavy (non-hydrogen) atoms. The van der Waals surface area contributed by atoms with E-state index in [1.165, 1.54) is 7.11 Å². The van der Waals surface area contributed by atoms with Crippen molar-refractivity contribution >= 4 is 27.4 Å². The van der Waals surface area contributed by atoms with E-state index in [0.29, 0.717) is 33.9 Å². The fraction of sp³-hybridized carbons (Fsp3) is 0.133. The van der Waals surface area contributed by atoms with Crippen molar-refractivity contribution in [1.82, 2.24) is 4.72 Å². The summed E-state index contributed by atoms with van der Waals surface area (Å²) in [6, 6.07) is 24.8. The molecule has 214 valence electrons. The molecule has 4 aromatic carbocycles. The highest BCUT2D eigenvalue weighted by atomic mass is 32.2. The number of carbonyl (C=O) groups is 1. The van der Waals surface area contributed by atoms with Crippen molar-refractivity contribution in [3.63, 3.8) is 0 Å². The molecule has 0 radical (unpaired) electrons. The van der Waals surface area contributed by atoms with E-state index in [4.69, 9.17) is 19.2 Å². The van der Waals surface area contributed by atoms with E-state index in [1.54, 1.807) is 18.2 Å². The largest absolute Gasteiger partial charge is 0.467 e. The third kappa shape index (κ3) is 6.14. The molecule has 1 aliphatic heterocycles. The van der Waals surface area contributed by atoms with Gasteiger partial charge in [-0.05, 0) is 29.8 Å². The van der Waals surface area contributed by atoms with Crippen LogP contribution in [-0.2, 0) is 19.6 Å². The number of carbonyl (C=O) groups excluding carboxylic acids is 1. The van der Waals surface area contributed by atoms with Crippen molar-refractivity contribution in [3.8, 4) is 11.5 Å².